The van der Waals surface area contributed by atoms with Crippen molar-refractivity contribution in [2.45, 2.75) is 110 Å². The fourth-order valence-electron chi connectivity index (χ4n) is 3.88. The van der Waals surface area contributed by atoms with Gasteiger partial charge in [-0.15, -0.1) is 0 Å². The van der Waals surface area contributed by atoms with Gasteiger partial charge in [-0.25, -0.2) is 18.7 Å². The van der Waals surface area contributed by atoms with Gasteiger partial charge in [-0.05, 0) is 49.1 Å². The summed E-state index contributed by atoms with van der Waals surface area (Å²) in [6.07, 6.45) is 13.9. The largest absolute Gasteiger partial charge is 0.493 e. The Kier molecular flexibility index (Phi) is 13.6. The molecule has 3 nitrogen and oxygen atoms in total. The highest BCUT2D eigenvalue weighted by Crippen LogP contribution is 2.21. The summed E-state index contributed by atoms with van der Waals surface area (Å²) in [5, 5.41) is 0. The first-order valence-corrected chi connectivity index (χ1v) is 12.9. The van der Waals surface area contributed by atoms with Crippen LogP contribution in [0.1, 0.15) is 96.5 Å². The van der Waals surface area contributed by atoms with E-state index in [2.05, 4.69) is 23.8 Å². The second-order valence-corrected chi connectivity index (χ2v) is 9.02. The van der Waals surface area contributed by atoms with Crippen LogP contribution in [0.2, 0.25) is 0 Å². The number of rotatable bonds is 18. The minimum atomic E-state index is -1.16. The van der Waals surface area contributed by atoms with Gasteiger partial charge in [-0.2, -0.15) is 0 Å². The summed E-state index contributed by atoms with van der Waals surface area (Å²) in [6.45, 7) is 4.56. The highest BCUT2D eigenvalue weighted by atomic mass is 19.1. The van der Waals surface area contributed by atoms with Crippen LogP contribution in [0.3, 0.4) is 0 Å². The summed E-state index contributed by atoms with van der Waals surface area (Å²) < 4.78 is 33.4. The molecule has 0 spiro atoms. The molecule has 0 saturated heterocycles. The predicted molar refractivity (Wildman–Crippen MR) is 133 cm³/mol. The maximum absolute atomic E-state index is 14.0. The Balaban J connectivity index is 1.68. The number of aromatic nitrogens is 2. The van der Waals surface area contributed by atoms with Crippen molar-refractivity contribution in [2.24, 2.45) is 0 Å². The zero-order valence-corrected chi connectivity index (χ0v) is 20.6. The maximum Gasteiger partial charge on any atom is 0.159 e. The highest BCUT2D eigenvalue weighted by Gasteiger charge is 2.15. The van der Waals surface area contributed by atoms with Gasteiger partial charge in [0, 0.05) is 30.8 Å². The van der Waals surface area contributed by atoms with Crippen molar-refractivity contribution >= 4 is 0 Å². The lowest BCUT2D eigenvalue weighted by Crippen LogP contribution is -2.14. The number of ether oxygens (including phenoxy) is 1. The molecular formula is C28H42F2N2O. The quantitative estimate of drug-likeness (QED) is 0.209. The Morgan fingerprint density at radius 2 is 1.36 bits per heavy atom. The van der Waals surface area contributed by atoms with Crippen molar-refractivity contribution in [2.75, 3.05) is 6.61 Å². The van der Waals surface area contributed by atoms with Gasteiger partial charge in [0.15, 0.2) is 5.82 Å². The number of hydrogen-bond donors (Lipinski definition) is 0. The summed E-state index contributed by atoms with van der Waals surface area (Å²) in [5.74, 6) is 1.36. The predicted octanol–water partition coefficient (Wildman–Crippen LogP) is 8.46. The number of alkyl halides is 2. The van der Waals surface area contributed by atoms with E-state index in [0.29, 0.717) is 18.0 Å². The Morgan fingerprint density at radius 1 is 0.758 bits per heavy atom. The van der Waals surface area contributed by atoms with E-state index >= 15 is 0 Å². The standard InChI is InChI=1S/C28H42F2N2O/c1-3-5-7-8-9-11-12-23-21-31-28(32-22-23)24-14-16-27(17-15-24)33-19-18-26(30)20-25(29)13-10-6-4-2/h14-17,21-22,25-26H,3-13,18-20H2,1-2H3. The summed E-state index contributed by atoms with van der Waals surface area (Å²) in [6, 6.07) is 7.52. The zero-order valence-electron chi connectivity index (χ0n) is 20.6. The number of halogens is 2. The van der Waals surface area contributed by atoms with Gasteiger partial charge < -0.3 is 4.74 Å². The number of unbranched alkanes of at least 4 members (excludes halogenated alkanes) is 7. The molecule has 0 aliphatic carbocycles. The molecule has 0 fully saturated rings. The van der Waals surface area contributed by atoms with Crippen LogP contribution < -0.4 is 4.74 Å². The molecule has 1 aromatic heterocycles. The van der Waals surface area contributed by atoms with Crippen LogP contribution in [-0.4, -0.2) is 28.9 Å². The topological polar surface area (TPSA) is 35.0 Å². The third-order valence-corrected chi connectivity index (χ3v) is 5.97. The molecule has 2 unspecified atom stereocenters. The maximum atomic E-state index is 14.0. The van der Waals surface area contributed by atoms with E-state index in [-0.39, 0.29) is 19.4 Å². The molecule has 2 rings (SSSR count). The minimum absolute atomic E-state index is 0.0296. The van der Waals surface area contributed by atoms with E-state index in [1.165, 1.54) is 44.1 Å². The van der Waals surface area contributed by atoms with Gasteiger partial charge in [-0.1, -0.05) is 65.2 Å². The first-order chi connectivity index (χ1) is 16.1. The van der Waals surface area contributed by atoms with E-state index in [9.17, 15) is 8.78 Å². The second-order valence-electron chi connectivity index (χ2n) is 9.02. The molecule has 184 valence electrons. The Labute approximate surface area is 199 Å². The van der Waals surface area contributed by atoms with Crippen LogP contribution in [0, 0.1) is 0 Å². The summed E-state index contributed by atoms with van der Waals surface area (Å²) in [7, 11) is 0. The molecule has 1 heterocycles. The average molecular weight is 461 g/mol. The third-order valence-electron chi connectivity index (χ3n) is 5.97. The highest BCUT2D eigenvalue weighted by molar-refractivity contribution is 5.55. The molecule has 2 atom stereocenters. The minimum Gasteiger partial charge on any atom is -0.493 e. The lowest BCUT2D eigenvalue weighted by atomic mass is 10.1. The van der Waals surface area contributed by atoms with Crippen molar-refractivity contribution in [3.8, 4) is 17.1 Å². The zero-order chi connectivity index (χ0) is 23.7. The molecular weight excluding hydrogens is 418 g/mol. The number of aryl methyl sites for hydroxylation is 1. The van der Waals surface area contributed by atoms with E-state index in [1.807, 2.05) is 36.7 Å². The molecule has 0 aliphatic rings. The van der Waals surface area contributed by atoms with Gasteiger partial charge in [0.25, 0.3) is 0 Å². The summed E-state index contributed by atoms with van der Waals surface area (Å²) in [4.78, 5) is 9.02. The van der Waals surface area contributed by atoms with Crippen LogP contribution in [0.5, 0.6) is 5.75 Å². The van der Waals surface area contributed by atoms with Crippen molar-refractivity contribution < 1.29 is 13.5 Å². The molecule has 5 heteroatoms. The molecule has 0 saturated carbocycles. The van der Waals surface area contributed by atoms with E-state index in [1.54, 1.807) is 0 Å². The lowest BCUT2D eigenvalue weighted by molar-refractivity contribution is 0.175. The van der Waals surface area contributed by atoms with Gasteiger partial charge in [-0.3, -0.25) is 0 Å². The van der Waals surface area contributed by atoms with Crippen molar-refractivity contribution in [1.82, 2.24) is 9.97 Å². The van der Waals surface area contributed by atoms with Gasteiger partial charge in [0.2, 0.25) is 0 Å². The molecule has 0 radical (unpaired) electrons. The lowest BCUT2D eigenvalue weighted by Gasteiger charge is -2.13. The number of hydrogen-bond acceptors (Lipinski definition) is 3. The summed E-state index contributed by atoms with van der Waals surface area (Å²) in [5.41, 5.74) is 2.10. The van der Waals surface area contributed by atoms with Crippen molar-refractivity contribution in [1.29, 1.82) is 0 Å². The van der Waals surface area contributed by atoms with Crippen LogP contribution in [0.15, 0.2) is 36.7 Å². The van der Waals surface area contributed by atoms with Gasteiger partial charge >= 0.3 is 0 Å². The van der Waals surface area contributed by atoms with Crippen LogP contribution >= 0.6 is 0 Å². The smallest absolute Gasteiger partial charge is 0.159 e. The third kappa shape index (κ3) is 11.6. The molecule has 0 N–H and O–H groups in total. The SMILES string of the molecule is CCCCCCCCc1cnc(-c2ccc(OCCC(F)CC(F)CCCCC)cc2)nc1. The monoisotopic (exact) mass is 460 g/mol. The van der Waals surface area contributed by atoms with Crippen molar-refractivity contribution in [3.05, 3.63) is 42.2 Å². The second kappa shape index (κ2) is 16.6. The van der Waals surface area contributed by atoms with Crippen molar-refractivity contribution in [3.63, 3.8) is 0 Å². The molecule has 0 aliphatic heterocycles. The molecule has 0 bridgehead atoms. The van der Waals surface area contributed by atoms with Gasteiger partial charge in [0.05, 0.1) is 6.61 Å². The van der Waals surface area contributed by atoms with E-state index < -0.39 is 12.3 Å². The first-order valence-electron chi connectivity index (χ1n) is 12.9. The number of benzene rings is 1. The molecule has 33 heavy (non-hydrogen) atoms. The summed E-state index contributed by atoms with van der Waals surface area (Å²) >= 11 is 0. The van der Waals surface area contributed by atoms with Gasteiger partial charge in [0.1, 0.15) is 18.1 Å². The van der Waals surface area contributed by atoms with Crippen LogP contribution in [0.25, 0.3) is 11.4 Å². The molecule has 2 aromatic rings. The van der Waals surface area contributed by atoms with Crippen LogP contribution in [0.4, 0.5) is 8.78 Å². The molecule has 1 aromatic carbocycles. The Bertz CT molecular complexity index is 737. The fraction of sp³-hybridized carbons (Fsp3) is 0.643. The first kappa shape index (κ1) is 27.2. The Hall–Kier alpha value is -2.04. The van der Waals surface area contributed by atoms with E-state index in [0.717, 1.165) is 31.2 Å². The van der Waals surface area contributed by atoms with E-state index in [4.69, 9.17) is 4.74 Å². The Morgan fingerprint density at radius 3 is 2.06 bits per heavy atom. The number of nitrogens with zero attached hydrogens (tertiary/aromatic N) is 2. The fourth-order valence-corrected chi connectivity index (χ4v) is 3.88. The van der Waals surface area contributed by atoms with Crippen LogP contribution in [-0.2, 0) is 6.42 Å². The molecule has 0 amide bonds. The normalized spacial score (nSPS) is 13.1. The average Bonchev–Trinajstić information content (AvgIpc) is 2.82.